The first-order valence-corrected chi connectivity index (χ1v) is 10.9. The molecule has 2 aliphatic rings. The topological polar surface area (TPSA) is 61.8 Å². The standard InChI is InChI=1S/C21H29N3O2S/c1-3-24-20(26)18(14-19(25)22-17-12-8-9-15(2)13-17)27-21(24)23-16-10-6-4-5-7-11-16/h8-9,12-13,16,18H,3-7,10-11,14H2,1-2H3,(H,22,25)/t18-/m1/s1. The van der Waals surface area contributed by atoms with Gasteiger partial charge in [-0.2, -0.15) is 0 Å². The molecular weight excluding hydrogens is 358 g/mol. The van der Waals surface area contributed by atoms with E-state index in [-0.39, 0.29) is 23.5 Å². The van der Waals surface area contributed by atoms with Gasteiger partial charge in [-0.1, -0.05) is 49.6 Å². The van der Waals surface area contributed by atoms with Crippen LogP contribution in [-0.2, 0) is 9.59 Å². The third-order valence-corrected chi connectivity index (χ3v) is 6.32. The summed E-state index contributed by atoms with van der Waals surface area (Å²) >= 11 is 1.46. The molecule has 1 aromatic rings. The van der Waals surface area contributed by atoms with E-state index in [9.17, 15) is 9.59 Å². The summed E-state index contributed by atoms with van der Waals surface area (Å²) in [5.74, 6) is -0.118. The molecule has 0 unspecified atom stereocenters. The minimum atomic E-state index is -0.376. The van der Waals surface area contributed by atoms with Crippen LogP contribution in [0.25, 0.3) is 0 Å². The smallest absolute Gasteiger partial charge is 0.242 e. The lowest BCUT2D eigenvalue weighted by Crippen LogP contribution is -2.33. The highest BCUT2D eigenvalue weighted by molar-refractivity contribution is 8.15. The number of amides is 2. The first kappa shape index (κ1) is 19.9. The molecule has 1 aliphatic carbocycles. The molecule has 1 saturated heterocycles. The Kier molecular flexibility index (Phi) is 6.94. The van der Waals surface area contributed by atoms with E-state index in [0.29, 0.717) is 12.6 Å². The Labute approximate surface area is 166 Å². The van der Waals surface area contributed by atoms with Gasteiger partial charge in [0, 0.05) is 18.7 Å². The number of hydrogen-bond acceptors (Lipinski definition) is 4. The van der Waals surface area contributed by atoms with Gasteiger partial charge in [0.05, 0.1) is 6.04 Å². The van der Waals surface area contributed by atoms with Crippen LogP contribution in [0.5, 0.6) is 0 Å². The minimum absolute atomic E-state index is 0.00858. The van der Waals surface area contributed by atoms with Crippen molar-refractivity contribution >= 4 is 34.4 Å². The maximum Gasteiger partial charge on any atom is 0.242 e. The second-order valence-electron chi connectivity index (χ2n) is 7.37. The first-order valence-electron chi connectivity index (χ1n) is 9.99. The van der Waals surface area contributed by atoms with Gasteiger partial charge in [0.2, 0.25) is 11.8 Å². The molecule has 1 aliphatic heterocycles. The van der Waals surface area contributed by atoms with Crippen LogP contribution in [-0.4, -0.2) is 39.7 Å². The van der Waals surface area contributed by atoms with Crippen molar-refractivity contribution in [2.45, 2.75) is 70.1 Å². The van der Waals surface area contributed by atoms with Crippen molar-refractivity contribution in [2.24, 2.45) is 4.99 Å². The highest BCUT2D eigenvalue weighted by atomic mass is 32.2. The molecule has 2 amide bonds. The van der Waals surface area contributed by atoms with Gasteiger partial charge in [-0.25, -0.2) is 0 Å². The Morgan fingerprint density at radius 2 is 2.00 bits per heavy atom. The second kappa shape index (κ2) is 9.40. The van der Waals surface area contributed by atoms with Crippen molar-refractivity contribution in [3.8, 4) is 0 Å². The number of anilines is 1. The van der Waals surface area contributed by atoms with Crippen molar-refractivity contribution in [3.63, 3.8) is 0 Å². The van der Waals surface area contributed by atoms with E-state index in [1.54, 1.807) is 4.90 Å². The number of nitrogens with zero attached hydrogens (tertiary/aromatic N) is 2. The third kappa shape index (κ3) is 5.34. The zero-order chi connectivity index (χ0) is 19.2. The second-order valence-corrected chi connectivity index (χ2v) is 8.54. The summed E-state index contributed by atoms with van der Waals surface area (Å²) in [7, 11) is 0. The van der Waals surface area contributed by atoms with E-state index < -0.39 is 0 Å². The fourth-order valence-electron chi connectivity index (χ4n) is 3.68. The zero-order valence-corrected chi connectivity index (χ0v) is 17.1. The summed E-state index contributed by atoms with van der Waals surface area (Å²) in [6.45, 7) is 4.56. The molecule has 1 heterocycles. The van der Waals surface area contributed by atoms with Crippen LogP contribution in [0.4, 0.5) is 5.69 Å². The molecule has 5 nitrogen and oxygen atoms in total. The number of carbonyl (C=O) groups excluding carboxylic acids is 2. The van der Waals surface area contributed by atoms with E-state index in [4.69, 9.17) is 4.99 Å². The van der Waals surface area contributed by atoms with Gasteiger partial charge < -0.3 is 5.32 Å². The fraction of sp³-hybridized carbons (Fsp3) is 0.571. The third-order valence-electron chi connectivity index (χ3n) is 5.13. The van der Waals surface area contributed by atoms with Crippen LogP contribution in [0.3, 0.4) is 0 Å². The summed E-state index contributed by atoms with van der Waals surface area (Å²) in [5, 5.41) is 3.34. The molecule has 146 valence electrons. The van der Waals surface area contributed by atoms with Crippen LogP contribution in [0.15, 0.2) is 29.3 Å². The molecule has 2 fully saturated rings. The Morgan fingerprint density at radius 3 is 2.67 bits per heavy atom. The summed E-state index contributed by atoms with van der Waals surface area (Å²) in [6.07, 6.45) is 7.39. The predicted octanol–water partition coefficient (Wildman–Crippen LogP) is 4.37. The number of carbonyl (C=O) groups is 2. The largest absolute Gasteiger partial charge is 0.326 e. The summed E-state index contributed by atoms with van der Waals surface area (Å²) < 4.78 is 0. The number of amidine groups is 1. The van der Waals surface area contributed by atoms with Crippen molar-refractivity contribution in [3.05, 3.63) is 29.8 Å². The van der Waals surface area contributed by atoms with Crippen LogP contribution in [0.1, 0.15) is 57.4 Å². The van der Waals surface area contributed by atoms with Gasteiger partial charge >= 0.3 is 0 Å². The Morgan fingerprint density at radius 1 is 1.26 bits per heavy atom. The van der Waals surface area contributed by atoms with Crippen molar-refractivity contribution < 1.29 is 9.59 Å². The van der Waals surface area contributed by atoms with Gasteiger partial charge in [-0.05, 0) is 44.4 Å². The van der Waals surface area contributed by atoms with Crippen molar-refractivity contribution in [1.82, 2.24) is 4.90 Å². The molecule has 0 radical (unpaired) electrons. The molecule has 0 aromatic heterocycles. The predicted molar refractivity (Wildman–Crippen MR) is 112 cm³/mol. The summed E-state index contributed by atoms with van der Waals surface area (Å²) in [6, 6.07) is 8.01. The number of aliphatic imine (C=N–C) groups is 1. The average Bonchev–Trinajstić information content (AvgIpc) is 2.79. The normalized spacial score (nSPS) is 22.9. The van der Waals surface area contributed by atoms with Crippen molar-refractivity contribution in [2.75, 3.05) is 11.9 Å². The fourth-order valence-corrected chi connectivity index (χ4v) is 4.95. The van der Waals surface area contributed by atoms with E-state index in [1.165, 1.54) is 37.4 Å². The highest BCUT2D eigenvalue weighted by Gasteiger charge is 2.38. The lowest BCUT2D eigenvalue weighted by atomic mass is 10.1. The molecule has 3 rings (SSSR count). The molecule has 1 atom stereocenters. The molecule has 0 bridgehead atoms. The van der Waals surface area contributed by atoms with Crippen LogP contribution in [0.2, 0.25) is 0 Å². The number of rotatable bonds is 5. The molecule has 0 spiro atoms. The number of nitrogens with one attached hydrogen (secondary N) is 1. The summed E-state index contributed by atoms with van der Waals surface area (Å²) in [4.78, 5) is 31.8. The quantitative estimate of drug-likeness (QED) is 0.763. The Bertz CT molecular complexity index is 711. The molecular formula is C21H29N3O2S. The van der Waals surface area contributed by atoms with E-state index >= 15 is 0 Å². The lowest BCUT2D eigenvalue weighted by molar-refractivity contribution is -0.128. The number of hydrogen-bond donors (Lipinski definition) is 1. The maximum absolute atomic E-state index is 12.7. The summed E-state index contributed by atoms with van der Waals surface area (Å²) in [5.41, 5.74) is 1.87. The first-order chi connectivity index (χ1) is 13.1. The van der Waals surface area contributed by atoms with Gasteiger partial charge in [0.25, 0.3) is 0 Å². The Hall–Kier alpha value is -1.82. The zero-order valence-electron chi connectivity index (χ0n) is 16.2. The van der Waals surface area contributed by atoms with Crippen LogP contribution in [0, 0.1) is 6.92 Å². The van der Waals surface area contributed by atoms with Gasteiger partial charge in [0.1, 0.15) is 5.25 Å². The van der Waals surface area contributed by atoms with E-state index in [2.05, 4.69) is 5.32 Å². The monoisotopic (exact) mass is 387 g/mol. The van der Waals surface area contributed by atoms with Crippen molar-refractivity contribution in [1.29, 1.82) is 0 Å². The van der Waals surface area contributed by atoms with E-state index in [0.717, 1.165) is 29.3 Å². The molecule has 1 aromatic carbocycles. The van der Waals surface area contributed by atoms with Gasteiger partial charge in [-0.15, -0.1) is 0 Å². The average molecular weight is 388 g/mol. The molecule has 6 heteroatoms. The number of aryl methyl sites for hydroxylation is 1. The molecule has 1 N–H and O–H groups in total. The highest BCUT2D eigenvalue weighted by Crippen LogP contribution is 2.31. The van der Waals surface area contributed by atoms with Gasteiger partial charge in [0.15, 0.2) is 5.17 Å². The van der Waals surface area contributed by atoms with E-state index in [1.807, 2.05) is 38.1 Å². The number of thioether (sulfide) groups is 1. The molecule has 27 heavy (non-hydrogen) atoms. The Balaban J connectivity index is 1.64. The minimum Gasteiger partial charge on any atom is -0.326 e. The lowest BCUT2D eigenvalue weighted by Gasteiger charge is -2.16. The number of benzene rings is 1. The SMILES string of the molecule is CCN1C(=O)[C@@H](CC(=O)Nc2cccc(C)c2)SC1=NC1CCCCCC1. The van der Waals surface area contributed by atoms with Crippen LogP contribution >= 0.6 is 11.8 Å². The molecule has 1 saturated carbocycles. The maximum atomic E-state index is 12.7. The van der Waals surface area contributed by atoms with Gasteiger partial charge in [-0.3, -0.25) is 19.5 Å². The van der Waals surface area contributed by atoms with Crippen LogP contribution < -0.4 is 5.32 Å².